The van der Waals surface area contributed by atoms with Crippen LogP contribution in [0, 0.1) is 5.82 Å². The Balaban J connectivity index is 1.89. The quantitative estimate of drug-likeness (QED) is 0.794. The summed E-state index contributed by atoms with van der Waals surface area (Å²) in [4.78, 5) is 18.3. The van der Waals surface area contributed by atoms with Crippen molar-refractivity contribution >= 4 is 11.7 Å². The first kappa shape index (κ1) is 14.7. The zero-order valence-corrected chi connectivity index (χ0v) is 11.9. The lowest BCUT2D eigenvalue weighted by atomic mass is 10.2. The highest BCUT2D eigenvalue weighted by Gasteiger charge is 2.27. The van der Waals surface area contributed by atoms with Gasteiger partial charge in [-0.05, 0) is 25.5 Å². The van der Waals surface area contributed by atoms with E-state index in [1.54, 1.807) is 7.05 Å². The van der Waals surface area contributed by atoms with Crippen LogP contribution in [0.2, 0.25) is 0 Å². The van der Waals surface area contributed by atoms with Crippen LogP contribution in [0.1, 0.15) is 30.1 Å². The topological polar surface area (TPSA) is 57.3 Å². The Morgan fingerprint density at radius 1 is 1.55 bits per heavy atom. The van der Waals surface area contributed by atoms with E-state index < -0.39 is 5.82 Å². The minimum Gasteiger partial charge on any atom is -0.372 e. The van der Waals surface area contributed by atoms with Crippen LogP contribution in [0.3, 0.4) is 0 Å². The Bertz CT molecular complexity index is 476. The Morgan fingerprint density at radius 2 is 2.30 bits per heavy atom. The van der Waals surface area contributed by atoms with Gasteiger partial charge in [-0.3, -0.25) is 9.69 Å². The van der Waals surface area contributed by atoms with Gasteiger partial charge in [-0.1, -0.05) is 6.92 Å². The Hall–Kier alpha value is -1.69. The van der Waals surface area contributed by atoms with Gasteiger partial charge in [0.2, 0.25) is 0 Å². The summed E-state index contributed by atoms with van der Waals surface area (Å²) in [5.41, 5.74) is 0.238. The lowest BCUT2D eigenvalue weighted by molar-refractivity contribution is 0.0948. The molecule has 110 valence electrons. The smallest absolute Gasteiger partial charge is 0.255 e. The first-order valence-corrected chi connectivity index (χ1v) is 7.01. The third-order valence-electron chi connectivity index (χ3n) is 3.49. The van der Waals surface area contributed by atoms with Gasteiger partial charge in [-0.2, -0.15) is 0 Å². The average Bonchev–Trinajstić information content (AvgIpc) is 3.28. The number of rotatable bonds is 7. The molecule has 1 aliphatic rings. The maximum absolute atomic E-state index is 13.2. The monoisotopic (exact) mass is 280 g/mol. The number of nitrogens with one attached hydrogen (secondary N) is 2. The second-order valence-electron chi connectivity index (χ2n) is 4.92. The zero-order valence-electron chi connectivity index (χ0n) is 11.9. The highest BCUT2D eigenvalue weighted by atomic mass is 19.1. The van der Waals surface area contributed by atoms with E-state index in [1.165, 1.54) is 18.9 Å². The van der Waals surface area contributed by atoms with E-state index in [2.05, 4.69) is 27.4 Å². The van der Waals surface area contributed by atoms with Crippen molar-refractivity contribution in [1.29, 1.82) is 0 Å². The number of hydrogen-bond donors (Lipinski definition) is 2. The van der Waals surface area contributed by atoms with Gasteiger partial charge in [0.1, 0.15) is 11.6 Å². The minimum absolute atomic E-state index is 0.238. The summed E-state index contributed by atoms with van der Waals surface area (Å²) in [5.74, 6) is -0.422. The molecule has 1 aromatic rings. The van der Waals surface area contributed by atoms with Gasteiger partial charge < -0.3 is 10.6 Å². The van der Waals surface area contributed by atoms with E-state index in [0.29, 0.717) is 18.4 Å². The van der Waals surface area contributed by atoms with Crippen LogP contribution in [0.25, 0.3) is 0 Å². The van der Waals surface area contributed by atoms with E-state index in [0.717, 1.165) is 19.3 Å². The lowest BCUT2D eigenvalue weighted by Crippen LogP contribution is -2.36. The van der Waals surface area contributed by atoms with Gasteiger partial charge in [0.25, 0.3) is 5.91 Å². The van der Waals surface area contributed by atoms with Gasteiger partial charge in [-0.15, -0.1) is 0 Å². The van der Waals surface area contributed by atoms with Gasteiger partial charge in [0.15, 0.2) is 0 Å². The van der Waals surface area contributed by atoms with Crippen LogP contribution in [0.4, 0.5) is 10.2 Å². The molecule has 0 radical (unpaired) electrons. The van der Waals surface area contributed by atoms with Crippen molar-refractivity contribution in [2.45, 2.75) is 25.8 Å². The third kappa shape index (κ3) is 3.66. The first-order chi connectivity index (χ1) is 9.65. The van der Waals surface area contributed by atoms with Crippen molar-refractivity contribution in [3.63, 3.8) is 0 Å². The number of likely N-dealkylation sites (N-methyl/N-ethyl adjacent to an activating group) is 1. The van der Waals surface area contributed by atoms with Gasteiger partial charge in [0, 0.05) is 26.2 Å². The molecule has 0 bridgehead atoms. The number of carbonyl (C=O) groups excluding carboxylic acids is 1. The molecule has 0 aromatic carbocycles. The lowest BCUT2D eigenvalue weighted by Gasteiger charge is -2.19. The van der Waals surface area contributed by atoms with Gasteiger partial charge in [0.05, 0.1) is 11.8 Å². The fourth-order valence-electron chi connectivity index (χ4n) is 2.26. The SMILES string of the molecule is CCN(CCNC(=O)c1cc(F)cnc1NC)C1CC1. The third-order valence-corrected chi connectivity index (χ3v) is 3.49. The van der Waals surface area contributed by atoms with Gasteiger partial charge in [-0.25, -0.2) is 9.37 Å². The van der Waals surface area contributed by atoms with Gasteiger partial charge >= 0.3 is 0 Å². The minimum atomic E-state index is -0.512. The molecule has 20 heavy (non-hydrogen) atoms. The fraction of sp³-hybridized carbons (Fsp3) is 0.571. The molecule has 0 atom stereocenters. The molecule has 0 saturated heterocycles. The molecule has 1 aliphatic carbocycles. The van der Waals surface area contributed by atoms with E-state index in [1.807, 2.05) is 0 Å². The van der Waals surface area contributed by atoms with Crippen molar-refractivity contribution in [3.8, 4) is 0 Å². The molecule has 2 rings (SSSR count). The second kappa shape index (κ2) is 6.65. The maximum atomic E-state index is 13.2. The summed E-state index contributed by atoms with van der Waals surface area (Å²) >= 11 is 0. The normalized spacial score (nSPS) is 14.4. The number of carbonyl (C=O) groups is 1. The highest BCUT2D eigenvalue weighted by molar-refractivity contribution is 5.98. The summed E-state index contributed by atoms with van der Waals surface area (Å²) in [7, 11) is 1.66. The molecule has 1 aromatic heterocycles. The summed E-state index contributed by atoms with van der Waals surface area (Å²) in [5, 5.41) is 5.61. The summed E-state index contributed by atoms with van der Waals surface area (Å²) in [6.45, 7) is 4.49. The fourth-order valence-corrected chi connectivity index (χ4v) is 2.26. The molecule has 2 N–H and O–H groups in total. The first-order valence-electron chi connectivity index (χ1n) is 7.01. The Morgan fingerprint density at radius 3 is 2.90 bits per heavy atom. The van der Waals surface area contributed by atoms with Crippen LogP contribution in [-0.2, 0) is 0 Å². The Labute approximate surface area is 118 Å². The number of pyridine rings is 1. The maximum Gasteiger partial charge on any atom is 0.255 e. The van der Waals surface area contributed by atoms with Crippen LogP contribution >= 0.6 is 0 Å². The predicted octanol–water partition coefficient (Wildman–Crippen LogP) is 1.48. The van der Waals surface area contributed by atoms with Crippen molar-refractivity contribution in [1.82, 2.24) is 15.2 Å². The highest BCUT2D eigenvalue weighted by Crippen LogP contribution is 2.25. The standard InChI is InChI=1S/C14H21FN4O/c1-3-19(11-4-5-11)7-6-17-14(20)12-8-10(15)9-18-13(12)16-2/h8-9,11H,3-7H2,1-2H3,(H,16,18)(H,17,20). The molecular weight excluding hydrogens is 259 g/mol. The average molecular weight is 280 g/mol. The number of aromatic nitrogens is 1. The molecule has 0 aliphatic heterocycles. The molecule has 0 unspecified atom stereocenters. The van der Waals surface area contributed by atoms with E-state index >= 15 is 0 Å². The van der Waals surface area contributed by atoms with Crippen molar-refractivity contribution < 1.29 is 9.18 Å². The predicted molar refractivity (Wildman–Crippen MR) is 76.3 cm³/mol. The number of nitrogens with zero attached hydrogens (tertiary/aromatic N) is 2. The summed E-state index contributed by atoms with van der Waals surface area (Å²) in [6.07, 6.45) is 3.59. The van der Waals surface area contributed by atoms with Crippen LogP contribution in [-0.4, -0.2) is 48.5 Å². The van der Waals surface area contributed by atoms with Crippen LogP contribution < -0.4 is 10.6 Å². The van der Waals surface area contributed by atoms with E-state index in [4.69, 9.17) is 0 Å². The largest absolute Gasteiger partial charge is 0.372 e. The molecule has 1 fully saturated rings. The number of hydrogen-bond acceptors (Lipinski definition) is 4. The molecule has 6 heteroatoms. The molecule has 1 heterocycles. The Kier molecular flexibility index (Phi) is 4.89. The van der Waals surface area contributed by atoms with Crippen molar-refractivity contribution in [2.75, 3.05) is 32.0 Å². The molecule has 1 saturated carbocycles. The van der Waals surface area contributed by atoms with Crippen LogP contribution in [0.5, 0.6) is 0 Å². The number of halogens is 1. The number of anilines is 1. The summed E-state index contributed by atoms with van der Waals surface area (Å²) < 4.78 is 13.2. The molecular formula is C14H21FN4O. The van der Waals surface area contributed by atoms with E-state index in [9.17, 15) is 9.18 Å². The number of amides is 1. The molecule has 0 spiro atoms. The van der Waals surface area contributed by atoms with Crippen LogP contribution in [0.15, 0.2) is 12.3 Å². The second-order valence-corrected chi connectivity index (χ2v) is 4.92. The molecule has 5 nitrogen and oxygen atoms in total. The van der Waals surface area contributed by atoms with Crippen molar-refractivity contribution in [3.05, 3.63) is 23.6 Å². The van der Waals surface area contributed by atoms with E-state index in [-0.39, 0.29) is 11.5 Å². The zero-order chi connectivity index (χ0) is 14.5. The summed E-state index contributed by atoms with van der Waals surface area (Å²) in [6, 6.07) is 1.88. The van der Waals surface area contributed by atoms with Crippen molar-refractivity contribution in [2.24, 2.45) is 0 Å². The molecule has 1 amide bonds.